The molecule has 1 saturated carbocycles. The highest BCUT2D eigenvalue weighted by atomic mass is 35.5. The van der Waals surface area contributed by atoms with Crippen molar-refractivity contribution in [1.82, 2.24) is 9.99 Å². The largest absolute Gasteiger partial charge is 0.504 e. The number of amides is 4. The Morgan fingerprint density at radius 3 is 2.43 bits per heavy atom. The number of anilines is 2. The fourth-order valence-electron chi connectivity index (χ4n) is 8.24. The molecular formula is C37H32ClF3N4O6. The second kappa shape index (κ2) is 12.3. The first-order valence-electron chi connectivity index (χ1n) is 16.2. The van der Waals surface area contributed by atoms with Gasteiger partial charge in [-0.2, -0.15) is 18.2 Å². The average molecular weight is 721 g/mol. The molecule has 7 rings (SSSR count). The molecule has 0 unspecified atom stereocenters. The maximum absolute atomic E-state index is 14.4. The molecule has 4 amide bonds. The zero-order valence-electron chi connectivity index (χ0n) is 27.6. The lowest BCUT2D eigenvalue weighted by molar-refractivity contribution is -0.141. The summed E-state index contributed by atoms with van der Waals surface area (Å²) in [5, 5.41) is 11.7. The molecule has 4 aliphatic rings. The van der Waals surface area contributed by atoms with Gasteiger partial charge in [-0.1, -0.05) is 59.7 Å². The van der Waals surface area contributed by atoms with Gasteiger partial charge in [0, 0.05) is 13.0 Å². The Hall–Kier alpha value is -5.17. The Morgan fingerprint density at radius 1 is 1.02 bits per heavy atom. The number of ether oxygens (including phenoxy) is 1. The number of aromatic hydroxyl groups is 1. The van der Waals surface area contributed by atoms with Gasteiger partial charge in [0.15, 0.2) is 17.3 Å². The van der Waals surface area contributed by atoms with E-state index in [4.69, 9.17) is 16.3 Å². The number of phenolic OH excluding ortho intramolecular Hbond substituents is 1. The molecule has 1 N–H and O–H groups in total. The number of hydrazine groups is 1. The van der Waals surface area contributed by atoms with E-state index in [1.807, 2.05) is 12.2 Å². The van der Waals surface area contributed by atoms with E-state index in [0.29, 0.717) is 22.9 Å². The van der Waals surface area contributed by atoms with Crippen LogP contribution in [0, 0.1) is 35.0 Å². The van der Waals surface area contributed by atoms with Gasteiger partial charge in [0.25, 0.3) is 11.8 Å². The summed E-state index contributed by atoms with van der Waals surface area (Å²) in [6, 6.07) is 15.0. The second-order valence-electron chi connectivity index (χ2n) is 13.3. The molecule has 3 aromatic rings. The van der Waals surface area contributed by atoms with Gasteiger partial charge in [-0.25, -0.2) is 9.88 Å². The SMILES string of the molecule is COc1cc(C=C[C@H]2C3=CC[C@@H]4C(=O)N(N(C)c5nc(C(F)(F)F)ccc5Cl)C(=O)[C@@H]4[C@@H]3C[C@H]3C(=O)N(c4ccccc4)C(=O)[C@@]23C)ccc1O. The van der Waals surface area contributed by atoms with Crippen molar-refractivity contribution in [2.24, 2.45) is 35.0 Å². The number of phenols is 1. The van der Waals surface area contributed by atoms with Gasteiger partial charge in [0.2, 0.25) is 11.8 Å². The third kappa shape index (κ3) is 5.28. The van der Waals surface area contributed by atoms with Crippen LogP contribution >= 0.6 is 11.6 Å². The molecular weight excluding hydrogens is 689 g/mol. The number of aromatic nitrogens is 1. The highest BCUT2D eigenvalue weighted by Gasteiger charge is 2.67. The fourth-order valence-corrected chi connectivity index (χ4v) is 8.46. The molecule has 264 valence electrons. The Balaban J connectivity index is 1.30. The predicted octanol–water partition coefficient (Wildman–Crippen LogP) is 6.30. The fraction of sp³-hybridized carbons (Fsp3) is 0.324. The second-order valence-corrected chi connectivity index (χ2v) is 13.8. The van der Waals surface area contributed by atoms with E-state index in [-0.39, 0.29) is 29.4 Å². The number of carbonyl (C=O) groups is 4. The molecule has 2 aliphatic carbocycles. The Bertz CT molecular complexity index is 2040. The van der Waals surface area contributed by atoms with Crippen LogP contribution in [0.1, 0.15) is 31.0 Å². The van der Waals surface area contributed by atoms with Crippen molar-refractivity contribution >= 4 is 52.8 Å². The summed E-state index contributed by atoms with van der Waals surface area (Å²) in [5.41, 5.74) is -0.738. The summed E-state index contributed by atoms with van der Waals surface area (Å²) in [6.07, 6.45) is 0.844. The summed E-state index contributed by atoms with van der Waals surface area (Å²) < 4.78 is 45.9. The van der Waals surface area contributed by atoms with Gasteiger partial charge in [-0.05, 0) is 67.6 Å². The van der Waals surface area contributed by atoms with Gasteiger partial charge in [-0.15, -0.1) is 0 Å². The molecule has 2 aromatic carbocycles. The van der Waals surface area contributed by atoms with Gasteiger partial charge in [0.05, 0.1) is 41.0 Å². The van der Waals surface area contributed by atoms with Crippen LogP contribution in [0.25, 0.3) is 6.08 Å². The highest BCUT2D eigenvalue weighted by molar-refractivity contribution is 6.33. The van der Waals surface area contributed by atoms with E-state index in [2.05, 4.69) is 4.98 Å². The lowest BCUT2D eigenvalue weighted by Gasteiger charge is -2.47. The van der Waals surface area contributed by atoms with Crippen molar-refractivity contribution in [3.63, 3.8) is 0 Å². The molecule has 2 saturated heterocycles. The minimum Gasteiger partial charge on any atom is -0.504 e. The van der Waals surface area contributed by atoms with E-state index >= 15 is 0 Å². The third-order valence-electron chi connectivity index (χ3n) is 10.7. The van der Waals surface area contributed by atoms with Crippen LogP contribution in [0.3, 0.4) is 0 Å². The molecule has 1 aromatic heterocycles. The van der Waals surface area contributed by atoms with Crippen molar-refractivity contribution in [3.05, 3.63) is 94.7 Å². The molecule has 14 heteroatoms. The number of rotatable bonds is 6. The number of hydrogen-bond acceptors (Lipinski definition) is 8. The number of nitrogens with zero attached hydrogens (tertiary/aromatic N) is 4. The molecule has 51 heavy (non-hydrogen) atoms. The first-order valence-corrected chi connectivity index (χ1v) is 16.6. The molecule has 2 aliphatic heterocycles. The molecule has 0 bridgehead atoms. The minimum absolute atomic E-state index is 0.0592. The number of fused-ring (bicyclic) bond motifs is 4. The standard InChI is InChI=1S/C37H32ClF3N4O6/c1-36-24(13-9-19-10-15-27(46)28(17-19)51-3)21-11-12-22-30(23(21)18-25(36)33(48)44(35(36)50)20-7-5-4-6-8-20)34(49)45(32(22)47)43(2)31-26(38)14-16-29(42-31)37(39,40)41/h4-11,13-17,22-25,30,46H,12,18H2,1-3H3/t22-,23+,24-,25-,30-,36-/m0/s1. The predicted molar refractivity (Wildman–Crippen MR) is 180 cm³/mol. The molecule has 0 radical (unpaired) electrons. The number of alkyl halides is 3. The average Bonchev–Trinajstić information content (AvgIpc) is 3.47. The zero-order valence-corrected chi connectivity index (χ0v) is 28.4. The maximum atomic E-state index is 14.4. The van der Waals surface area contributed by atoms with E-state index in [9.17, 15) is 37.5 Å². The quantitative estimate of drug-likeness (QED) is 0.233. The van der Waals surface area contributed by atoms with E-state index in [0.717, 1.165) is 16.1 Å². The van der Waals surface area contributed by atoms with Gasteiger partial charge in [0.1, 0.15) is 5.69 Å². The minimum atomic E-state index is -4.80. The summed E-state index contributed by atoms with van der Waals surface area (Å²) in [7, 11) is 2.67. The number of halogens is 4. The van der Waals surface area contributed by atoms with Crippen LogP contribution in [0.5, 0.6) is 11.5 Å². The van der Waals surface area contributed by atoms with E-state index in [1.54, 1.807) is 55.5 Å². The van der Waals surface area contributed by atoms with Crippen LogP contribution in [-0.2, 0) is 25.4 Å². The van der Waals surface area contributed by atoms with Crippen molar-refractivity contribution in [1.29, 1.82) is 0 Å². The molecule has 10 nitrogen and oxygen atoms in total. The van der Waals surface area contributed by atoms with Gasteiger partial charge >= 0.3 is 6.18 Å². The molecule has 3 fully saturated rings. The Morgan fingerprint density at radius 2 is 1.75 bits per heavy atom. The topological polar surface area (TPSA) is 120 Å². The lowest BCUT2D eigenvalue weighted by atomic mass is 9.52. The zero-order chi connectivity index (χ0) is 36.6. The number of pyridine rings is 1. The van der Waals surface area contributed by atoms with Crippen LogP contribution in [-0.4, -0.2) is 52.9 Å². The smallest absolute Gasteiger partial charge is 0.433 e. The number of allylic oxidation sites excluding steroid dienone is 3. The van der Waals surface area contributed by atoms with Crippen LogP contribution in [0.4, 0.5) is 24.7 Å². The summed E-state index contributed by atoms with van der Waals surface area (Å²) >= 11 is 6.25. The van der Waals surface area contributed by atoms with E-state index < -0.39 is 76.3 Å². The summed E-state index contributed by atoms with van der Waals surface area (Å²) in [4.78, 5) is 61.8. The lowest BCUT2D eigenvalue weighted by Crippen LogP contribution is -2.50. The molecule has 6 atom stereocenters. The van der Waals surface area contributed by atoms with Gasteiger partial charge in [-0.3, -0.25) is 24.2 Å². The third-order valence-corrected chi connectivity index (χ3v) is 11.0. The van der Waals surface area contributed by atoms with E-state index in [1.165, 1.54) is 25.1 Å². The van der Waals surface area contributed by atoms with Crippen molar-refractivity contribution in [3.8, 4) is 11.5 Å². The normalized spacial score (nSPS) is 27.4. The van der Waals surface area contributed by atoms with Crippen LogP contribution in [0.15, 0.2) is 78.4 Å². The first-order chi connectivity index (χ1) is 24.2. The maximum Gasteiger partial charge on any atom is 0.433 e. The summed E-state index contributed by atoms with van der Waals surface area (Å²) in [6.45, 7) is 1.75. The first kappa shape index (κ1) is 34.3. The number of para-hydroxylation sites is 1. The molecule has 0 spiro atoms. The van der Waals surface area contributed by atoms with Crippen molar-refractivity contribution in [2.75, 3.05) is 24.1 Å². The highest BCUT2D eigenvalue weighted by Crippen LogP contribution is 2.61. The van der Waals surface area contributed by atoms with Crippen molar-refractivity contribution in [2.45, 2.75) is 25.9 Å². The Labute approximate surface area is 295 Å². The number of imide groups is 2. The van der Waals surface area contributed by atoms with Crippen LogP contribution < -0.4 is 14.6 Å². The molecule has 3 heterocycles. The number of benzene rings is 2. The monoisotopic (exact) mass is 720 g/mol. The summed E-state index contributed by atoms with van der Waals surface area (Å²) in [5.74, 6) is -6.41. The Kier molecular flexibility index (Phi) is 8.24. The van der Waals surface area contributed by atoms with Crippen LogP contribution in [0.2, 0.25) is 5.02 Å². The number of methoxy groups -OCH3 is 1. The number of carbonyl (C=O) groups excluding carboxylic acids is 4. The number of hydrogen-bond donors (Lipinski definition) is 1. The van der Waals surface area contributed by atoms with Crippen molar-refractivity contribution < 1.29 is 42.2 Å². The van der Waals surface area contributed by atoms with Gasteiger partial charge < -0.3 is 9.84 Å².